The summed E-state index contributed by atoms with van der Waals surface area (Å²) in [6.07, 6.45) is 2.25. The Hall–Kier alpha value is -1.28. The van der Waals surface area contributed by atoms with E-state index in [1.807, 2.05) is 12.1 Å². The van der Waals surface area contributed by atoms with Crippen molar-refractivity contribution in [2.75, 3.05) is 6.54 Å². The van der Waals surface area contributed by atoms with Gasteiger partial charge in [-0.2, -0.15) is 0 Å². The molecule has 0 amide bonds. The van der Waals surface area contributed by atoms with Gasteiger partial charge >= 0.3 is 0 Å². The van der Waals surface area contributed by atoms with Gasteiger partial charge in [0, 0.05) is 16.8 Å². The van der Waals surface area contributed by atoms with Crippen LogP contribution in [0.25, 0.3) is 11.0 Å². The number of fused-ring (bicyclic) bond motifs is 1. The second kappa shape index (κ2) is 5.79. The van der Waals surface area contributed by atoms with Gasteiger partial charge in [-0.3, -0.25) is 0 Å². The molecule has 1 atom stereocenters. The average Bonchev–Trinajstić information content (AvgIpc) is 2.80. The number of para-hydroxylation sites is 1. The lowest BCUT2D eigenvalue weighted by atomic mass is 9.83. The van der Waals surface area contributed by atoms with Gasteiger partial charge in [0.25, 0.3) is 0 Å². The van der Waals surface area contributed by atoms with E-state index in [1.54, 1.807) is 0 Å². The zero-order valence-corrected chi connectivity index (χ0v) is 12.5. The lowest BCUT2D eigenvalue weighted by molar-refractivity contribution is 0.334. The molecule has 1 aromatic carbocycles. The largest absolute Gasteiger partial charge is 0.461 e. The van der Waals surface area contributed by atoms with Gasteiger partial charge in [-0.05, 0) is 38.4 Å². The molecule has 1 N–H and O–H groups in total. The van der Waals surface area contributed by atoms with E-state index in [1.165, 1.54) is 11.8 Å². The van der Waals surface area contributed by atoms with E-state index < -0.39 is 0 Å². The Kier molecular flexibility index (Phi) is 4.31. The first-order valence-corrected chi connectivity index (χ1v) is 7.25. The van der Waals surface area contributed by atoms with Crippen LogP contribution in [0.1, 0.15) is 46.3 Å². The standard InChI is InChI=1S/C17H25NO/c1-5-10-18-13(2)12-17(3,4)16-11-14-8-6-7-9-15(14)19-16/h6-9,11,13,18H,5,10,12H2,1-4H3. The minimum atomic E-state index is 0.0547. The second-order valence-electron chi connectivity index (χ2n) is 6.09. The fourth-order valence-corrected chi connectivity index (χ4v) is 2.64. The van der Waals surface area contributed by atoms with Crippen LogP contribution in [0.15, 0.2) is 34.7 Å². The van der Waals surface area contributed by atoms with E-state index in [-0.39, 0.29) is 5.41 Å². The average molecular weight is 259 g/mol. The van der Waals surface area contributed by atoms with Crippen LogP contribution in [0.2, 0.25) is 0 Å². The molecule has 2 rings (SSSR count). The molecule has 0 aliphatic heterocycles. The van der Waals surface area contributed by atoms with Crippen LogP contribution < -0.4 is 5.32 Å². The fourth-order valence-electron chi connectivity index (χ4n) is 2.64. The quantitative estimate of drug-likeness (QED) is 0.827. The summed E-state index contributed by atoms with van der Waals surface area (Å²) >= 11 is 0. The Morgan fingerprint density at radius 2 is 2.00 bits per heavy atom. The van der Waals surface area contributed by atoms with Crippen molar-refractivity contribution in [3.05, 3.63) is 36.1 Å². The van der Waals surface area contributed by atoms with Gasteiger partial charge in [-0.25, -0.2) is 0 Å². The summed E-state index contributed by atoms with van der Waals surface area (Å²) in [6, 6.07) is 10.9. The van der Waals surface area contributed by atoms with Crippen molar-refractivity contribution in [3.8, 4) is 0 Å². The van der Waals surface area contributed by atoms with E-state index in [2.05, 4.69) is 51.2 Å². The maximum Gasteiger partial charge on any atom is 0.134 e. The summed E-state index contributed by atoms with van der Waals surface area (Å²) in [5.41, 5.74) is 1.04. The van der Waals surface area contributed by atoms with Gasteiger partial charge in [0.1, 0.15) is 11.3 Å². The van der Waals surface area contributed by atoms with Crippen molar-refractivity contribution in [1.82, 2.24) is 5.32 Å². The van der Waals surface area contributed by atoms with Crippen molar-refractivity contribution in [2.45, 2.75) is 52.0 Å². The van der Waals surface area contributed by atoms with Crippen LogP contribution in [0.3, 0.4) is 0 Å². The van der Waals surface area contributed by atoms with Gasteiger partial charge in [-0.1, -0.05) is 39.0 Å². The normalized spacial score (nSPS) is 13.9. The molecule has 2 nitrogen and oxygen atoms in total. The van der Waals surface area contributed by atoms with Crippen LogP contribution >= 0.6 is 0 Å². The molecule has 0 saturated carbocycles. The first-order chi connectivity index (χ1) is 9.03. The minimum Gasteiger partial charge on any atom is -0.461 e. The molecule has 0 bridgehead atoms. The topological polar surface area (TPSA) is 25.2 Å². The van der Waals surface area contributed by atoms with Crippen molar-refractivity contribution >= 4 is 11.0 Å². The monoisotopic (exact) mass is 259 g/mol. The van der Waals surface area contributed by atoms with Crippen molar-refractivity contribution in [3.63, 3.8) is 0 Å². The van der Waals surface area contributed by atoms with E-state index in [4.69, 9.17) is 4.42 Å². The zero-order valence-electron chi connectivity index (χ0n) is 12.5. The van der Waals surface area contributed by atoms with Crippen molar-refractivity contribution in [1.29, 1.82) is 0 Å². The number of rotatable bonds is 6. The molecule has 0 saturated heterocycles. The van der Waals surface area contributed by atoms with Crippen molar-refractivity contribution < 1.29 is 4.42 Å². The van der Waals surface area contributed by atoms with E-state index in [9.17, 15) is 0 Å². The Labute approximate surface area is 116 Å². The summed E-state index contributed by atoms with van der Waals surface area (Å²) in [5, 5.41) is 4.74. The Morgan fingerprint density at radius 3 is 2.68 bits per heavy atom. The lowest BCUT2D eigenvalue weighted by Crippen LogP contribution is -2.33. The highest BCUT2D eigenvalue weighted by atomic mass is 16.3. The molecule has 0 fully saturated rings. The molecule has 0 radical (unpaired) electrons. The Balaban J connectivity index is 2.13. The SMILES string of the molecule is CCCNC(C)CC(C)(C)c1cc2ccccc2o1. The minimum absolute atomic E-state index is 0.0547. The number of furan rings is 1. The van der Waals surface area contributed by atoms with Crippen LogP contribution in [0, 0.1) is 0 Å². The van der Waals surface area contributed by atoms with E-state index in [0.29, 0.717) is 6.04 Å². The number of nitrogens with one attached hydrogen (secondary N) is 1. The van der Waals surface area contributed by atoms with E-state index in [0.717, 1.165) is 24.3 Å². The first kappa shape index (κ1) is 14.1. The molecule has 104 valence electrons. The molecule has 1 aromatic heterocycles. The van der Waals surface area contributed by atoms with Crippen LogP contribution in [0.4, 0.5) is 0 Å². The molecule has 2 aromatic rings. The number of hydrogen-bond donors (Lipinski definition) is 1. The predicted octanol–water partition coefficient (Wildman–Crippen LogP) is 4.49. The lowest BCUT2D eigenvalue weighted by Gasteiger charge is -2.26. The summed E-state index contributed by atoms with van der Waals surface area (Å²) in [5.74, 6) is 1.08. The molecular weight excluding hydrogens is 234 g/mol. The van der Waals surface area contributed by atoms with Gasteiger partial charge in [0.05, 0.1) is 0 Å². The third-order valence-corrected chi connectivity index (χ3v) is 3.65. The van der Waals surface area contributed by atoms with Crippen LogP contribution in [0.5, 0.6) is 0 Å². The third kappa shape index (κ3) is 3.38. The zero-order chi connectivity index (χ0) is 13.9. The van der Waals surface area contributed by atoms with Crippen LogP contribution in [-0.2, 0) is 5.41 Å². The Bertz CT molecular complexity index is 494. The van der Waals surface area contributed by atoms with Crippen LogP contribution in [-0.4, -0.2) is 12.6 Å². The molecule has 0 aliphatic carbocycles. The molecule has 1 heterocycles. The van der Waals surface area contributed by atoms with Crippen molar-refractivity contribution in [2.24, 2.45) is 0 Å². The van der Waals surface area contributed by atoms with Gasteiger partial charge in [0.2, 0.25) is 0 Å². The third-order valence-electron chi connectivity index (χ3n) is 3.65. The first-order valence-electron chi connectivity index (χ1n) is 7.25. The molecule has 2 heteroatoms. The second-order valence-corrected chi connectivity index (χ2v) is 6.09. The summed E-state index contributed by atoms with van der Waals surface area (Å²) in [4.78, 5) is 0. The highest BCUT2D eigenvalue weighted by molar-refractivity contribution is 5.77. The highest BCUT2D eigenvalue weighted by Gasteiger charge is 2.27. The number of hydrogen-bond acceptors (Lipinski definition) is 2. The maximum absolute atomic E-state index is 6.01. The smallest absolute Gasteiger partial charge is 0.134 e. The summed E-state index contributed by atoms with van der Waals surface area (Å²) in [7, 11) is 0. The van der Waals surface area contributed by atoms with Gasteiger partial charge in [0.15, 0.2) is 0 Å². The van der Waals surface area contributed by atoms with Gasteiger partial charge in [-0.15, -0.1) is 0 Å². The molecule has 0 spiro atoms. The summed E-state index contributed by atoms with van der Waals surface area (Å²) < 4.78 is 6.01. The Morgan fingerprint density at radius 1 is 1.26 bits per heavy atom. The van der Waals surface area contributed by atoms with E-state index >= 15 is 0 Å². The highest BCUT2D eigenvalue weighted by Crippen LogP contribution is 2.32. The number of benzene rings is 1. The van der Waals surface area contributed by atoms with Gasteiger partial charge < -0.3 is 9.73 Å². The molecule has 1 unspecified atom stereocenters. The molecule has 0 aliphatic rings. The maximum atomic E-state index is 6.01. The fraction of sp³-hybridized carbons (Fsp3) is 0.529. The molecule has 19 heavy (non-hydrogen) atoms. The predicted molar refractivity (Wildman–Crippen MR) is 81.6 cm³/mol. The summed E-state index contributed by atoms with van der Waals surface area (Å²) in [6.45, 7) is 10.0. The molecular formula is C17H25NO.